The van der Waals surface area contributed by atoms with Gasteiger partial charge in [0.1, 0.15) is 0 Å². The van der Waals surface area contributed by atoms with E-state index in [1.807, 2.05) is 12.4 Å². The van der Waals surface area contributed by atoms with Crippen LogP contribution in [0.3, 0.4) is 0 Å². The Kier molecular flexibility index (Phi) is 4.00. The summed E-state index contributed by atoms with van der Waals surface area (Å²) in [7, 11) is 2.18. The number of anilines is 1. The standard InChI is InChI=1S/C14H23N3/c1-4-15-8-12-5-6-16-9-14(12)17(3)10-13-7-11(13)2/h5-6,9,11,13,15H,4,7-8,10H2,1-3H3. The maximum Gasteiger partial charge on any atom is 0.0595 e. The van der Waals surface area contributed by atoms with Crippen molar-refractivity contribution in [3.05, 3.63) is 24.0 Å². The lowest BCUT2D eigenvalue weighted by Crippen LogP contribution is -2.23. The van der Waals surface area contributed by atoms with Crippen molar-refractivity contribution in [2.75, 3.05) is 25.0 Å². The van der Waals surface area contributed by atoms with E-state index in [4.69, 9.17) is 0 Å². The Morgan fingerprint density at radius 2 is 2.29 bits per heavy atom. The molecule has 3 heteroatoms. The maximum atomic E-state index is 4.25. The van der Waals surface area contributed by atoms with Crippen LogP contribution >= 0.6 is 0 Å². The molecule has 2 atom stereocenters. The molecule has 0 aliphatic heterocycles. The van der Waals surface area contributed by atoms with Gasteiger partial charge in [-0.3, -0.25) is 4.98 Å². The summed E-state index contributed by atoms with van der Waals surface area (Å²) in [6.45, 7) is 7.56. The summed E-state index contributed by atoms with van der Waals surface area (Å²) in [5.41, 5.74) is 2.62. The van der Waals surface area contributed by atoms with Gasteiger partial charge in [-0.25, -0.2) is 0 Å². The van der Waals surface area contributed by atoms with E-state index in [1.54, 1.807) is 0 Å². The van der Waals surface area contributed by atoms with E-state index in [2.05, 4.69) is 42.2 Å². The van der Waals surface area contributed by atoms with E-state index < -0.39 is 0 Å². The molecule has 1 saturated carbocycles. The molecule has 2 rings (SSSR count). The molecule has 2 unspecified atom stereocenters. The van der Waals surface area contributed by atoms with E-state index in [-0.39, 0.29) is 0 Å². The second kappa shape index (κ2) is 5.50. The minimum atomic E-state index is 0.882. The number of hydrogen-bond acceptors (Lipinski definition) is 3. The smallest absolute Gasteiger partial charge is 0.0595 e. The summed E-state index contributed by atoms with van der Waals surface area (Å²) < 4.78 is 0. The Balaban J connectivity index is 2.02. The molecule has 94 valence electrons. The first-order valence-corrected chi connectivity index (χ1v) is 6.57. The average molecular weight is 233 g/mol. The average Bonchev–Trinajstić information content (AvgIpc) is 3.02. The molecule has 0 amide bonds. The third kappa shape index (κ3) is 3.19. The first-order chi connectivity index (χ1) is 8.22. The van der Waals surface area contributed by atoms with E-state index in [0.29, 0.717) is 0 Å². The second-order valence-electron chi connectivity index (χ2n) is 5.14. The first-order valence-electron chi connectivity index (χ1n) is 6.57. The van der Waals surface area contributed by atoms with Crippen molar-refractivity contribution in [1.29, 1.82) is 0 Å². The van der Waals surface area contributed by atoms with Gasteiger partial charge in [0.15, 0.2) is 0 Å². The highest BCUT2D eigenvalue weighted by Gasteiger charge is 2.33. The number of hydrogen-bond donors (Lipinski definition) is 1. The summed E-state index contributed by atoms with van der Waals surface area (Å²) in [6.07, 6.45) is 5.25. The van der Waals surface area contributed by atoms with Crippen LogP contribution in [0.2, 0.25) is 0 Å². The third-order valence-electron chi connectivity index (χ3n) is 3.65. The zero-order chi connectivity index (χ0) is 12.3. The topological polar surface area (TPSA) is 28.2 Å². The number of pyridine rings is 1. The van der Waals surface area contributed by atoms with Crippen molar-refractivity contribution in [1.82, 2.24) is 10.3 Å². The van der Waals surface area contributed by atoms with Crippen molar-refractivity contribution in [3.63, 3.8) is 0 Å². The summed E-state index contributed by atoms with van der Waals surface area (Å²) in [6, 6.07) is 2.12. The van der Waals surface area contributed by atoms with Gasteiger partial charge in [0.2, 0.25) is 0 Å². The van der Waals surface area contributed by atoms with Crippen LogP contribution in [0.1, 0.15) is 25.8 Å². The van der Waals surface area contributed by atoms with Crippen LogP contribution in [0.25, 0.3) is 0 Å². The molecule has 1 heterocycles. The van der Waals surface area contributed by atoms with E-state index >= 15 is 0 Å². The summed E-state index contributed by atoms with van der Waals surface area (Å²) in [5, 5.41) is 3.38. The molecule has 0 bridgehead atoms. The summed E-state index contributed by atoms with van der Waals surface area (Å²) >= 11 is 0. The van der Waals surface area contributed by atoms with Gasteiger partial charge in [0.25, 0.3) is 0 Å². The van der Waals surface area contributed by atoms with Crippen molar-refractivity contribution in [2.24, 2.45) is 11.8 Å². The molecule has 1 N–H and O–H groups in total. The number of nitrogens with zero attached hydrogens (tertiary/aromatic N) is 2. The molecule has 1 aliphatic rings. The summed E-state index contributed by atoms with van der Waals surface area (Å²) in [4.78, 5) is 6.61. The van der Waals surface area contributed by atoms with Crippen LogP contribution < -0.4 is 10.2 Å². The van der Waals surface area contributed by atoms with Crippen LogP contribution in [-0.4, -0.2) is 25.1 Å². The quantitative estimate of drug-likeness (QED) is 0.817. The zero-order valence-corrected chi connectivity index (χ0v) is 11.1. The van der Waals surface area contributed by atoms with E-state index in [0.717, 1.165) is 31.5 Å². The lowest BCUT2D eigenvalue weighted by Gasteiger charge is -2.22. The molecule has 1 aromatic heterocycles. The van der Waals surface area contributed by atoms with Crippen LogP contribution in [0.15, 0.2) is 18.5 Å². The molecular weight excluding hydrogens is 210 g/mol. The van der Waals surface area contributed by atoms with Gasteiger partial charge in [0, 0.05) is 26.3 Å². The van der Waals surface area contributed by atoms with Crippen LogP contribution in [-0.2, 0) is 6.54 Å². The highest BCUT2D eigenvalue weighted by Crippen LogP contribution is 2.38. The molecular formula is C14H23N3. The van der Waals surface area contributed by atoms with Crippen molar-refractivity contribution >= 4 is 5.69 Å². The van der Waals surface area contributed by atoms with Crippen LogP contribution in [0, 0.1) is 11.8 Å². The molecule has 1 aromatic rings. The minimum absolute atomic E-state index is 0.882. The Bertz CT molecular complexity index is 364. The zero-order valence-electron chi connectivity index (χ0n) is 11.1. The van der Waals surface area contributed by atoms with Gasteiger partial charge in [0.05, 0.1) is 11.9 Å². The number of rotatable bonds is 6. The molecule has 3 nitrogen and oxygen atoms in total. The fourth-order valence-electron chi connectivity index (χ4n) is 2.27. The van der Waals surface area contributed by atoms with Crippen molar-refractivity contribution < 1.29 is 0 Å². The number of aromatic nitrogens is 1. The third-order valence-corrected chi connectivity index (χ3v) is 3.65. The highest BCUT2D eigenvalue weighted by atomic mass is 15.1. The molecule has 0 saturated heterocycles. The van der Waals surface area contributed by atoms with Gasteiger partial charge in [-0.1, -0.05) is 13.8 Å². The molecule has 0 spiro atoms. The molecule has 17 heavy (non-hydrogen) atoms. The monoisotopic (exact) mass is 233 g/mol. The lowest BCUT2D eigenvalue weighted by atomic mass is 10.2. The minimum Gasteiger partial charge on any atom is -0.373 e. The number of nitrogens with one attached hydrogen (secondary N) is 1. The van der Waals surface area contributed by atoms with Crippen molar-refractivity contribution in [2.45, 2.75) is 26.8 Å². The predicted octanol–water partition coefficient (Wildman–Crippen LogP) is 2.28. The SMILES string of the molecule is CCNCc1ccncc1N(C)CC1CC1C. The molecule has 0 radical (unpaired) electrons. The molecule has 0 aromatic carbocycles. The van der Waals surface area contributed by atoms with Crippen molar-refractivity contribution in [3.8, 4) is 0 Å². The van der Waals surface area contributed by atoms with E-state index in [1.165, 1.54) is 17.7 Å². The normalized spacial score (nSPS) is 22.5. The molecule has 1 fully saturated rings. The van der Waals surface area contributed by atoms with Gasteiger partial charge >= 0.3 is 0 Å². The Labute approximate surface area is 104 Å². The van der Waals surface area contributed by atoms with Crippen LogP contribution in [0.4, 0.5) is 5.69 Å². The predicted molar refractivity (Wildman–Crippen MR) is 72.2 cm³/mol. The fourth-order valence-corrected chi connectivity index (χ4v) is 2.27. The fraction of sp³-hybridized carbons (Fsp3) is 0.643. The molecule has 1 aliphatic carbocycles. The lowest BCUT2D eigenvalue weighted by molar-refractivity contribution is 0.703. The second-order valence-corrected chi connectivity index (χ2v) is 5.14. The van der Waals surface area contributed by atoms with Gasteiger partial charge in [-0.05, 0) is 36.4 Å². The Morgan fingerprint density at radius 3 is 2.94 bits per heavy atom. The van der Waals surface area contributed by atoms with Crippen LogP contribution in [0.5, 0.6) is 0 Å². The summed E-state index contributed by atoms with van der Waals surface area (Å²) in [5.74, 6) is 1.79. The first kappa shape index (κ1) is 12.4. The highest BCUT2D eigenvalue weighted by molar-refractivity contribution is 5.51. The Morgan fingerprint density at radius 1 is 1.53 bits per heavy atom. The maximum absolute atomic E-state index is 4.25. The Hall–Kier alpha value is -1.09. The van der Waals surface area contributed by atoms with Gasteiger partial charge < -0.3 is 10.2 Å². The van der Waals surface area contributed by atoms with E-state index in [9.17, 15) is 0 Å². The van der Waals surface area contributed by atoms with Gasteiger partial charge in [-0.15, -0.1) is 0 Å². The van der Waals surface area contributed by atoms with Gasteiger partial charge in [-0.2, -0.15) is 0 Å². The largest absolute Gasteiger partial charge is 0.373 e.